The van der Waals surface area contributed by atoms with Gasteiger partial charge in [-0.25, -0.2) is 0 Å². The standard InChI is InChI=1S/C23H29N3O/c1-19-15-20(2)17-22(16-19)24-18-23(27)26-13-11-25(12-14-26)10-6-9-21-7-4-3-5-8-21/h3-9,15-17,24H,10-14,18H2,1-2H3/b9-6+. The molecule has 2 aromatic carbocycles. The maximum atomic E-state index is 12.5. The van der Waals surface area contributed by atoms with Gasteiger partial charge in [0.15, 0.2) is 0 Å². The molecular formula is C23H29N3O. The van der Waals surface area contributed by atoms with Gasteiger partial charge in [0.05, 0.1) is 6.54 Å². The summed E-state index contributed by atoms with van der Waals surface area (Å²) in [5.41, 5.74) is 4.67. The molecular weight excluding hydrogens is 334 g/mol. The molecule has 4 heteroatoms. The number of aryl methyl sites for hydroxylation is 2. The van der Waals surface area contributed by atoms with Gasteiger partial charge in [-0.05, 0) is 42.7 Å². The monoisotopic (exact) mass is 363 g/mol. The number of rotatable bonds is 6. The van der Waals surface area contributed by atoms with Gasteiger partial charge >= 0.3 is 0 Å². The third kappa shape index (κ3) is 5.97. The lowest BCUT2D eigenvalue weighted by Crippen LogP contribution is -2.50. The highest BCUT2D eigenvalue weighted by atomic mass is 16.2. The van der Waals surface area contributed by atoms with Crippen LogP contribution in [0.2, 0.25) is 0 Å². The van der Waals surface area contributed by atoms with Crippen molar-refractivity contribution >= 4 is 17.7 Å². The lowest BCUT2D eigenvalue weighted by molar-refractivity contribution is -0.130. The molecule has 1 aliphatic rings. The van der Waals surface area contributed by atoms with E-state index in [1.165, 1.54) is 16.7 Å². The minimum atomic E-state index is 0.175. The normalized spacial score (nSPS) is 15.3. The van der Waals surface area contributed by atoms with Gasteiger partial charge in [-0.3, -0.25) is 9.69 Å². The average Bonchev–Trinajstić information content (AvgIpc) is 2.67. The number of carbonyl (C=O) groups is 1. The van der Waals surface area contributed by atoms with E-state index in [1.807, 2.05) is 11.0 Å². The molecule has 0 saturated carbocycles. The number of nitrogens with zero attached hydrogens (tertiary/aromatic N) is 2. The highest BCUT2D eigenvalue weighted by Crippen LogP contribution is 2.13. The zero-order chi connectivity index (χ0) is 19.1. The maximum absolute atomic E-state index is 12.5. The molecule has 2 aromatic rings. The van der Waals surface area contributed by atoms with E-state index in [-0.39, 0.29) is 5.91 Å². The van der Waals surface area contributed by atoms with E-state index in [9.17, 15) is 4.79 Å². The first-order valence-corrected chi connectivity index (χ1v) is 9.64. The van der Waals surface area contributed by atoms with Gasteiger partial charge in [0.25, 0.3) is 0 Å². The quantitative estimate of drug-likeness (QED) is 0.852. The van der Waals surface area contributed by atoms with Crippen LogP contribution < -0.4 is 5.32 Å². The Balaban J connectivity index is 1.40. The van der Waals surface area contributed by atoms with Gasteiger partial charge in [0, 0.05) is 38.4 Å². The summed E-state index contributed by atoms with van der Waals surface area (Å²) in [5, 5.41) is 3.27. The molecule has 0 aromatic heterocycles. The Hall–Kier alpha value is -2.59. The molecule has 0 unspecified atom stereocenters. The van der Waals surface area contributed by atoms with Crippen LogP contribution in [0.15, 0.2) is 54.6 Å². The van der Waals surface area contributed by atoms with Crippen molar-refractivity contribution in [1.82, 2.24) is 9.80 Å². The molecule has 0 bridgehead atoms. The van der Waals surface area contributed by atoms with Crippen LogP contribution in [-0.4, -0.2) is 55.0 Å². The number of carbonyl (C=O) groups excluding carboxylic acids is 1. The number of benzene rings is 2. The van der Waals surface area contributed by atoms with E-state index in [0.717, 1.165) is 38.4 Å². The fourth-order valence-corrected chi connectivity index (χ4v) is 3.45. The molecule has 1 fully saturated rings. The van der Waals surface area contributed by atoms with Crippen LogP contribution in [0.1, 0.15) is 16.7 Å². The molecule has 142 valence electrons. The molecule has 1 N–H and O–H groups in total. The van der Waals surface area contributed by atoms with Crippen molar-refractivity contribution in [2.24, 2.45) is 0 Å². The Labute approximate surface area is 162 Å². The van der Waals surface area contributed by atoms with Crippen LogP contribution in [-0.2, 0) is 4.79 Å². The molecule has 0 atom stereocenters. The largest absolute Gasteiger partial charge is 0.376 e. The van der Waals surface area contributed by atoms with Gasteiger partial charge in [0.1, 0.15) is 0 Å². The number of hydrogen-bond acceptors (Lipinski definition) is 3. The van der Waals surface area contributed by atoms with Crippen LogP contribution in [0.3, 0.4) is 0 Å². The van der Waals surface area contributed by atoms with Crippen LogP contribution in [0.5, 0.6) is 0 Å². The second-order valence-corrected chi connectivity index (χ2v) is 7.22. The predicted octanol–water partition coefficient (Wildman–Crippen LogP) is 3.57. The Morgan fingerprint density at radius 3 is 2.33 bits per heavy atom. The summed E-state index contributed by atoms with van der Waals surface area (Å²) >= 11 is 0. The zero-order valence-corrected chi connectivity index (χ0v) is 16.3. The van der Waals surface area contributed by atoms with Gasteiger partial charge < -0.3 is 10.2 Å². The first-order chi connectivity index (χ1) is 13.1. The number of hydrogen-bond donors (Lipinski definition) is 1. The predicted molar refractivity (Wildman–Crippen MR) is 113 cm³/mol. The zero-order valence-electron chi connectivity index (χ0n) is 16.3. The Morgan fingerprint density at radius 1 is 1.00 bits per heavy atom. The third-order valence-electron chi connectivity index (χ3n) is 4.86. The van der Waals surface area contributed by atoms with E-state index in [0.29, 0.717) is 6.54 Å². The highest BCUT2D eigenvalue weighted by Gasteiger charge is 2.20. The minimum Gasteiger partial charge on any atom is -0.376 e. The third-order valence-corrected chi connectivity index (χ3v) is 4.86. The van der Waals surface area contributed by atoms with Gasteiger partial charge in [-0.15, -0.1) is 0 Å². The van der Waals surface area contributed by atoms with E-state index >= 15 is 0 Å². The lowest BCUT2D eigenvalue weighted by atomic mass is 10.1. The van der Waals surface area contributed by atoms with Crippen LogP contribution >= 0.6 is 0 Å². The summed E-state index contributed by atoms with van der Waals surface area (Å²) < 4.78 is 0. The Kier molecular flexibility index (Phi) is 6.66. The number of anilines is 1. The molecule has 3 rings (SSSR count). The second-order valence-electron chi connectivity index (χ2n) is 7.22. The SMILES string of the molecule is Cc1cc(C)cc(NCC(=O)N2CCN(C/C=C/c3ccccc3)CC2)c1. The summed E-state index contributed by atoms with van der Waals surface area (Å²) in [5.74, 6) is 0.175. The van der Waals surface area contributed by atoms with Crippen molar-refractivity contribution in [3.8, 4) is 0 Å². The van der Waals surface area contributed by atoms with Gasteiger partial charge in [0.2, 0.25) is 5.91 Å². The summed E-state index contributed by atoms with van der Waals surface area (Å²) in [7, 11) is 0. The molecule has 0 aliphatic carbocycles. The van der Waals surface area contributed by atoms with E-state index in [1.54, 1.807) is 0 Å². The summed E-state index contributed by atoms with van der Waals surface area (Å²) in [6, 6.07) is 16.6. The number of amides is 1. The van der Waals surface area contributed by atoms with Crippen molar-refractivity contribution in [3.05, 3.63) is 71.3 Å². The van der Waals surface area contributed by atoms with E-state index in [4.69, 9.17) is 0 Å². The van der Waals surface area contributed by atoms with Crippen molar-refractivity contribution in [2.45, 2.75) is 13.8 Å². The fourth-order valence-electron chi connectivity index (χ4n) is 3.45. The molecule has 1 amide bonds. The van der Waals surface area contributed by atoms with Crippen molar-refractivity contribution in [3.63, 3.8) is 0 Å². The van der Waals surface area contributed by atoms with Crippen molar-refractivity contribution in [1.29, 1.82) is 0 Å². The second kappa shape index (κ2) is 9.38. The molecule has 4 nitrogen and oxygen atoms in total. The van der Waals surface area contributed by atoms with Crippen molar-refractivity contribution < 1.29 is 4.79 Å². The molecule has 0 spiro atoms. The lowest BCUT2D eigenvalue weighted by Gasteiger charge is -2.34. The van der Waals surface area contributed by atoms with Crippen LogP contribution in [0, 0.1) is 13.8 Å². The molecule has 1 heterocycles. The highest BCUT2D eigenvalue weighted by molar-refractivity contribution is 5.81. The first kappa shape index (κ1) is 19.2. The average molecular weight is 364 g/mol. The Morgan fingerprint density at radius 2 is 1.67 bits per heavy atom. The topological polar surface area (TPSA) is 35.6 Å². The summed E-state index contributed by atoms with van der Waals surface area (Å²) in [6.07, 6.45) is 4.36. The first-order valence-electron chi connectivity index (χ1n) is 9.64. The van der Waals surface area contributed by atoms with Crippen LogP contribution in [0.4, 0.5) is 5.69 Å². The molecule has 27 heavy (non-hydrogen) atoms. The van der Waals surface area contributed by atoms with Crippen LogP contribution in [0.25, 0.3) is 6.08 Å². The number of nitrogens with one attached hydrogen (secondary N) is 1. The summed E-state index contributed by atoms with van der Waals surface area (Å²) in [4.78, 5) is 16.8. The number of piperazine rings is 1. The summed E-state index contributed by atoms with van der Waals surface area (Å²) in [6.45, 7) is 8.88. The van der Waals surface area contributed by atoms with E-state index < -0.39 is 0 Å². The Bertz CT molecular complexity index is 757. The fraction of sp³-hybridized carbons (Fsp3) is 0.348. The molecule has 0 radical (unpaired) electrons. The molecule has 1 saturated heterocycles. The van der Waals surface area contributed by atoms with Gasteiger partial charge in [-0.1, -0.05) is 48.6 Å². The maximum Gasteiger partial charge on any atom is 0.241 e. The van der Waals surface area contributed by atoms with Crippen molar-refractivity contribution in [2.75, 3.05) is 44.6 Å². The molecule has 1 aliphatic heterocycles. The smallest absolute Gasteiger partial charge is 0.241 e. The van der Waals surface area contributed by atoms with Gasteiger partial charge in [-0.2, -0.15) is 0 Å². The van der Waals surface area contributed by atoms with E-state index in [2.05, 4.69) is 78.7 Å². The minimum absolute atomic E-state index is 0.175.